The third kappa shape index (κ3) is 3.42. The number of hydrogen-bond acceptors (Lipinski definition) is 3. The van der Waals surface area contributed by atoms with Crippen molar-refractivity contribution in [3.8, 4) is 0 Å². The number of rotatable bonds is 3. The van der Waals surface area contributed by atoms with Crippen LogP contribution in [0.5, 0.6) is 0 Å². The third-order valence-corrected chi connectivity index (χ3v) is 4.02. The summed E-state index contributed by atoms with van der Waals surface area (Å²) < 4.78 is 2.08. The van der Waals surface area contributed by atoms with Crippen molar-refractivity contribution in [1.29, 1.82) is 0 Å². The molecule has 5 heteroatoms. The maximum Gasteiger partial charge on any atom is 0.143 e. The Bertz CT molecular complexity index is 376. The number of piperazine rings is 1. The third-order valence-electron chi connectivity index (χ3n) is 3.00. The van der Waals surface area contributed by atoms with Gasteiger partial charge in [-0.1, -0.05) is 6.92 Å². The van der Waals surface area contributed by atoms with Gasteiger partial charge in [-0.05, 0) is 50.9 Å². The molecule has 0 N–H and O–H groups in total. The molecular weight excluding hydrogens is 346 g/mol. The van der Waals surface area contributed by atoms with E-state index in [1.807, 2.05) is 6.20 Å². The Labute approximate surface area is 119 Å². The van der Waals surface area contributed by atoms with Crippen LogP contribution in [0.15, 0.2) is 21.2 Å². The molecule has 1 aromatic rings. The first-order chi connectivity index (χ1) is 8.20. The van der Waals surface area contributed by atoms with Gasteiger partial charge >= 0.3 is 0 Å². The standard InChI is InChI=1S/C12H17Br2N3/c1-2-3-16-4-6-17(7-5-16)12-11(14)8-10(13)9-15-12/h8-9H,2-7H2,1H3. The zero-order chi connectivity index (χ0) is 12.3. The highest BCUT2D eigenvalue weighted by Crippen LogP contribution is 2.27. The highest BCUT2D eigenvalue weighted by molar-refractivity contribution is 9.11. The van der Waals surface area contributed by atoms with Gasteiger partial charge < -0.3 is 4.90 Å². The molecule has 1 aliphatic heterocycles. The van der Waals surface area contributed by atoms with Crippen LogP contribution in [0.1, 0.15) is 13.3 Å². The topological polar surface area (TPSA) is 19.4 Å². The van der Waals surface area contributed by atoms with E-state index in [9.17, 15) is 0 Å². The number of hydrogen-bond donors (Lipinski definition) is 0. The minimum atomic E-state index is 1.01. The molecule has 0 bridgehead atoms. The summed E-state index contributed by atoms with van der Waals surface area (Å²) in [5, 5.41) is 0. The van der Waals surface area contributed by atoms with E-state index in [2.05, 4.69) is 59.6 Å². The summed E-state index contributed by atoms with van der Waals surface area (Å²) in [6.45, 7) is 7.85. The molecule has 2 rings (SSSR count). The Balaban J connectivity index is 2.00. The van der Waals surface area contributed by atoms with Crippen molar-refractivity contribution in [2.24, 2.45) is 0 Å². The van der Waals surface area contributed by atoms with Crippen molar-refractivity contribution in [1.82, 2.24) is 9.88 Å². The smallest absolute Gasteiger partial charge is 0.143 e. The fraction of sp³-hybridized carbons (Fsp3) is 0.583. The number of halogens is 2. The van der Waals surface area contributed by atoms with E-state index in [1.54, 1.807) is 0 Å². The Morgan fingerprint density at radius 2 is 1.94 bits per heavy atom. The predicted octanol–water partition coefficient (Wildman–Crippen LogP) is 3.14. The number of pyridine rings is 1. The fourth-order valence-electron chi connectivity index (χ4n) is 2.14. The van der Waals surface area contributed by atoms with Crippen molar-refractivity contribution in [3.63, 3.8) is 0 Å². The lowest BCUT2D eigenvalue weighted by atomic mass is 10.3. The summed E-state index contributed by atoms with van der Waals surface area (Å²) in [6, 6.07) is 2.06. The Morgan fingerprint density at radius 3 is 2.53 bits per heavy atom. The van der Waals surface area contributed by atoms with Gasteiger partial charge in [0.2, 0.25) is 0 Å². The molecule has 0 amide bonds. The maximum absolute atomic E-state index is 4.49. The Kier molecular flexibility index (Phi) is 4.82. The Morgan fingerprint density at radius 1 is 1.24 bits per heavy atom. The van der Waals surface area contributed by atoms with Crippen LogP contribution in [0, 0.1) is 0 Å². The van der Waals surface area contributed by atoms with Crippen LogP contribution in [-0.2, 0) is 0 Å². The van der Waals surface area contributed by atoms with E-state index in [-0.39, 0.29) is 0 Å². The second-order valence-electron chi connectivity index (χ2n) is 4.29. The normalized spacial score (nSPS) is 17.5. The van der Waals surface area contributed by atoms with Crippen LogP contribution in [0.4, 0.5) is 5.82 Å². The summed E-state index contributed by atoms with van der Waals surface area (Å²) in [6.07, 6.45) is 3.10. The van der Waals surface area contributed by atoms with Crippen LogP contribution in [0.3, 0.4) is 0 Å². The van der Waals surface area contributed by atoms with Crippen LogP contribution in [-0.4, -0.2) is 42.6 Å². The highest BCUT2D eigenvalue weighted by Gasteiger charge is 2.18. The second kappa shape index (κ2) is 6.16. The fourth-order valence-corrected chi connectivity index (χ4v) is 3.38. The zero-order valence-corrected chi connectivity index (χ0v) is 13.2. The van der Waals surface area contributed by atoms with Gasteiger partial charge in [-0.3, -0.25) is 4.90 Å². The summed E-state index contributed by atoms with van der Waals surface area (Å²) >= 11 is 7.01. The summed E-state index contributed by atoms with van der Waals surface area (Å²) in [5.41, 5.74) is 0. The van der Waals surface area contributed by atoms with Gasteiger partial charge in [-0.2, -0.15) is 0 Å². The van der Waals surface area contributed by atoms with E-state index in [0.29, 0.717) is 0 Å². The molecule has 0 spiro atoms. The van der Waals surface area contributed by atoms with Gasteiger partial charge in [0.15, 0.2) is 0 Å². The van der Waals surface area contributed by atoms with Crippen molar-refractivity contribution < 1.29 is 0 Å². The molecular formula is C12H17Br2N3. The molecule has 1 fully saturated rings. The van der Waals surface area contributed by atoms with Gasteiger partial charge in [-0.15, -0.1) is 0 Å². The first-order valence-corrected chi connectivity index (χ1v) is 7.57. The van der Waals surface area contributed by atoms with Crippen LogP contribution in [0.2, 0.25) is 0 Å². The summed E-state index contributed by atoms with van der Waals surface area (Å²) in [5.74, 6) is 1.06. The lowest BCUT2D eigenvalue weighted by Gasteiger charge is -2.35. The Hall–Kier alpha value is -0.130. The molecule has 1 aromatic heterocycles. The molecule has 3 nitrogen and oxygen atoms in total. The molecule has 17 heavy (non-hydrogen) atoms. The van der Waals surface area contributed by atoms with E-state index >= 15 is 0 Å². The second-order valence-corrected chi connectivity index (χ2v) is 6.06. The van der Waals surface area contributed by atoms with E-state index in [0.717, 1.165) is 40.9 Å². The van der Waals surface area contributed by atoms with Gasteiger partial charge in [0.1, 0.15) is 5.82 Å². The van der Waals surface area contributed by atoms with Gasteiger partial charge in [0.05, 0.1) is 4.47 Å². The largest absolute Gasteiger partial charge is 0.353 e. The van der Waals surface area contributed by atoms with Crippen LogP contribution < -0.4 is 4.90 Å². The van der Waals surface area contributed by atoms with Crippen molar-refractivity contribution in [3.05, 3.63) is 21.2 Å². The molecule has 0 atom stereocenters. The van der Waals surface area contributed by atoms with Crippen LogP contribution in [0.25, 0.3) is 0 Å². The van der Waals surface area contributed by atoms with Crippen molar-refractivity contribution in [2.45, 2.75) is 13.3 Å². The predicted molar refractivity (Wildman–Crippen MR) is 78.6 cm³/mol. The minimum absolute atomic E-state index is 1.01. The molecule has 0 unspecified atom stereocenters. The van der Waals surface area contributed by atoms with Crippen molar-refractivity contribution >= 4 is 37.7 Å². The molecule has 0 aromatic carbocycles. The summed E-state index contributed by atoms with van der Waals surface area (Å²) in [4.78, 5) is 9.35. The molecule has 2 heterocycles. The van der Waals surface area contributed by atoms with Gasteiger partial charge in [-0.25, -0.2) is 4.98 Å². The lowest BCUT2D eigenvalue weighted by molar-refractivity contribution is 0.258. The van der Waals surface area contributed by atoms with Gasteiger partial charge in [0, 0.05) is 36.8 Å². The zero-order valence-electron chi connectivity index (χ0n) is 9.99. The highest BCUT2D eigenvalue weighted by atomic mass is 79.9. The number of nitrogens with zero attached hydrogens (tertiary/aromatic N) is 3. The monoisotopic (exact) mass is 361 g/mol. The molecule has 1 saturated heterocycles. The van der Waals surface area contributed by atoms with E-state index in [1.165, 1.54) is 13.0 Å². The number of aromatic nitrogens is 1. The minimum Gasteiger partial charge on any atom is -0.353 e. The molecule has 0 radical (unpaired) electrons. The van der Waals surface area contributed by atoms with Crippen LogP contribution >= 0.6 is 31.9 Å². The first kappa shape index (κ1) is 13.3. The first-order valence-electron chi connectivity index (χ1n) is 5.99. The molecule has 0 aliphatic carbocycles. The van der Waals surface area contributed by atoms with E-state index < -0.39 is 0 Å². The summed E-state index contributed by atoms with van der Waals surface area (Å²) in [7, 11) is 0. The lowest BCUT2D eigenvalue weighted by Crippen LogP contribution is -2.46. The number of anilines is 1. The average molecular weight is 363 g/mol. The van der Waals surface area contributed by atoms with Crippen molar-refractivity contribution in [2.75, 3.05) is 37.6 Å². The molecule has 94 valence electrons. The molecule has 1 aliphatic rings. The maximum atomic E-state index is 4.49. The van der Waals surface area contributed by atoms with E-state index in [4.69, 9.17) is 0 Å². The SMILES string of the molecule is CCCN1CCN(c2ncc(Br)cc2Br)CC1. The average Bonchev–Trinajstić information content (AvgIpc) is 2.31. The van der Waals surface area contributed by atoms with Gasteiger partial charge in [0.25, 0.3) is 0 Å². The quantitative estimate of drug-likeness (QED) is 0.823. The molecule has 0 saturated carbocycles.